The van der Waals surface area contributed by atoms with Crippen molar-refractivity contribution in [2.45, 2.75) is 20.3 Å². The van der Waals surface area contributed by atoms with Crippen molar-refractivity contribution in [2.24, 2.45) is 7.05 Å². The van der Waals surface area contributed by atoms with E-state index in [2.05, 4.69) is 15.1 Å². The van der Waals surface area contributed by atoms with E-state index in [-0.39, 0.29) is 0 Å². The van der Waals surface area contributed by atoms with Crippen molar-refractivity contribution >= 4 is 11.0 Å². The van der Waals surface area contributed by atoms with Gasteiger partial charge in [0, 0.05) is 12.6 Å². The number of nitrogens with zero attached hydrogens (tertiary/aromatic N) is 4. The highest BCUT2D eigenvalue weighted by molar-refractivity contribution is 5.80. The highest BCUT2D eigenvalue weighted by atomic mass is 16.5. The summed E-state index contributed by atoms with van der Waals surface area (Å²) in [7, 11) is 1.97. The maximum absolute atomic E-state index is 5.68. The summed E-state index contributed by atoms with van der Waals surface area (Å²) in [5.74, 6) is 2.56. The van der Waals surface area contributed by atoms with Gasteiger partial charge in [0.15, 0.2) is 11.5 Å². The average Bonchev–Trinajstić information content (AvgIpc) is 3.31. The third-order valence-corrected chi connectivity index (χ3v) is 4.41. The molecule has 0 atom stereocenters. The molecular formula is C21H22N4O3. The summed E-state index contributed by atoms with van der Waals surface area (Å²) in [5.41, 5.74) is 3.86. The molecule has 0 bridgehead atoms. The van der Waals surface area contributed by atoms with E-state index in [1.807, 2.05) is 61.9 Å². The van der Waals surface area contributed by atoms with Crippen molar-refractivity contribution in [3.63, 3.8) is 0 Å². The predicted molar refractivity (Wildman–Crippen MR) is 106 cm³/mol. The van der Waals surface area contributed by atoms with Gasteiger partial charge >= 0.3 is 0 Å². The van der Waals surface area contributed by atoms with E-state index in [1.165, 1.54) is 0 Å². The van der Waals surface area contributed by atoms with Crippen LogP contribution in [0.1, 0.15) is 25.3 Å². The molecule has 28 heavy (non-hydrogen) atoms. The van der Waals surface area contributed by atoms with E-state index in [4.69, 9.17) is 14.0 Å². The number of aryl methyl sites for hydroxylation is 1. The van der Waals surface area contributed by atoms with Gasteiger partial charge in [-0.15, -0.1) is 0 Å². The molecule has 0 N–H and O–H groups in total. The second-order valence-electron chi connectivity index (χ2n) is 6.39. The fourth-order valence-electron chi connectivity index (χ4n) is 3.10. The molecule has 2 heterocycles. The second kappa shape index (κ2) is 7.72. The molecule has 0 saturated heterocycles. The first-order valence-corrected chi connectivity index (χ1v) is 9.30. The Balaban J connectivity index is 1.56. The molecule has 4 aromatic rings. The van der Waals surface area contributed by atoms with Crippen molar-refractivity contribution in [2.75, 3.05) is 13.2 Å². The van der Waals surface area contributed by atoms with Crippen LogP contribution in [0, 0.1) is 0 Å². The summed E-state index contributed by atoms with van der Waals surface area (Å²) in [5, 5.41) is 4.13. The molecule has 0 unspecified atom stereocenters. The average molecular weight is 378 g/mol. The van der Waals surface area contributed by atoms with Gasteiger partial charge in [-0.05, 0) is 49.7 Å². The van der Waals surface area contributed by atoms with Crippen LogP contribution in [-0.2, 0) is 13.5 Å². The van der Waals surface area contributed by atoms with Crippen LogP contribution in [0.15, 0.2) is 47.2 Å². The van der Waals surface area contributed by atoms with E-state index in [1.54, 1.807) is 6.33 Å². The fourth-order valence-corrected chi connectivity index (χ4v) is 3.10. The molecule has 144 valence electrons. The Morgan fingerprint density at radius 3 is 2.64 bits per heavy atom. The zero-order valence-electron chi connectivity index (χ0n) is 16.2. The van der Waals surface area contributed by atoms with Crippen molar-refractivity contribution in [3.8, 4) is 22.9 Å². The molecule has 7 nitrogen and oxygen atoms in total. The molecule has 0 spiro atoms. The number of fused-ring (bicyclic) bond motifs is 1. The normalized spacial score (nSPS) is 11.1. The van der Waals surface area contributed by atoms with Crippen LogP contribution in [0.4, 0.5) is 0 Å². The SMILES string of the molecule is CCOc1ccc(Cc2nc(-c3ccc4c(c3)ncn4C)no2)cc1OCC. The second-order valence-corrected chi connectivity index (χ2v) is 6.39. The molecule has 0 aliphatic rings. The van der Waals surface area contributed by atoms with Gasteiger partial charge in [-0.3, -0.25) is 0 Å². The van der Waals surface area contributed by atoms with Gasteiger partial charge in [0.1, 0.15) is 0 Å². The first-order valence-electron chi connectivity index (χ1n) is 9.30. The lowest BCUT2D eigenvalue weighted by atomic mass is 10.1. The maximum atomic E-state index is 5.68. The molecule has 2 aromatic heterocycles. The van der Waals surface area contributed by atoms with Crippen molar-refractivity contribution in [1.29, 1.82) is 0 Å². The van der Waals surface area contributed by atoms with Gasteiger partial charge in [0.05, 0.1) is 37.0 Å². The maximum Gasteiger partial charge on any atom is 0.231 e. The fraction of sp³-hybridized carbons (Fsp3) is 0.286. The van der Waals surface area contributed by atoms with Crippen LogP contribution in [0.25, 0.3) is 22.4 Å². The molecular weight excluding hydrogens is 356 g/mol. The van der Waals surface area contributed by atoms with Gasteiger partial charge < -0.3 is 18.6 Å². The summed E-state index contributed by atoms with van der Waals surface area (Å²) in [4.78, 5) is 8.92. The Morgan fingerprint density at radius 1 is 1.00 bits per heavy atom. The molecule has 0 aliphatic carbocycles. The van der Waals surface area contributed by atoms with Gasteiger partial charge in [-0.25, -0.2) is 4.98 Å². The molecule has 0 aliphatic heterocycles. The van der Waals surface area contributed by atoms with E-state index in [0.29, 0.717) is 31.3 Å². The smallest absolute Gasteiger partial charge is 0.231 e. The Kier molecular flexibility index (Phi) is 4.97. The molecule has 4 rings (SSSR count). The topological polar surface area (TPSA) is 75.2 Å². The Morgan fingerprint density at radius 2 is 1.82 bits per heavy atom. The minimum absolute atomic E-state index is 0.519. The minimum atomic E-state index is 0.519. The third-order valence-electron chi connectivity index (χ3n) is 4.41. The number of benzene rings is 2. The number of hydrogen-bond donors (Lipinski definition) is 0. The highest BCUT2D eigenvalue weighted by Crippen LogP contribution is 2.29. The minimum Gasteiger partial charge on any atom is -0.490 e. The Hall–Kier alpha value is -3.35. The lowest BCUT2D eigenvalue weighted by molar-refractivity contribution is 0.287. The summed E-state index contributed by atoms with van der Waals surface area (Å²) in [6.07, 6.45) is 2.31. The van der Waals surface area contributed by atoms with Crippen LogP contribution in [0.2, 0.25) is 0 Å². The van der Waals surface area contributed by atoms with Crippen LogP contribution >= 0.6 is 0 Å². The predicted octanol–water partition coefficient (Wildman–Crippen LogP) is 4.01. The van der Waals surface area contributed by atoms with E-state index < -0.39 is 0 Å². The van der Waals surface area contributed by atoms with Crippen molar-refractivity contribution < 1.29 is 14.0 Å². The first-order chi connectivity index (χ1) is 13.7. The molecule has 0 amide bonds. The quantitative estimate of drug-likeness (QED) is 0.484. The first kappa shape index (κ1) is 18.0. The number of imidazole rings is 1. The van der Waals surface area contributed by atoms with Crippen LogP contribution < -0.4 is 9.47 Å². The molecule has 0 saturated carbocycles. The van der Waals surface area contributed by atoms with Gasteiger partial charge in [0.25, 0.3) is 0 Å². The summed E-state index contributed by atoms with van der Waals surface area (Å²) < 4.78 is 18.7. The third kappa shape index (κ3) is 3.55. The van der Waals surface area contributed by atoms with Crippen LogP contribution in [0.3, 0.4) is 0 Å². The number of rotatable bonds is 7. The van der Waals surface area contributed by atoms with Crippen LogP contribution in [-0.4, -0.2) is 32.9 Å². The molecule has 0 radical (unpaired) electrons. The summed E-state index contributed by atoms with van der Waals surface area (Å²) in [6, 6.07) is 11.8. The number of ether oxygens (including phenoxy) is 2. The van der Waals surface area contributed by atoms with Crippen molar-refractivity contribution in [3.05, 3.63) is 54.2 Å². The summed E-state index contributed by atoms with van der Waals surface area (Å²) in [6.45, 7) is 5.06. The number of hydrogen-bond acceptors (Lipinski definition) is 6. The molecule has 2 aromatic carbocycles. The zero-order chi connectivity index (χ0) is 19.5. The van der Waals surface area contributed by atoms with Gasteiger partial charge in [-0.2, -0.15) is 4.98 Å². The Labute approximate surface area is 162 Å². The monoisotopic (exact) mass is 378 g/mol. The van der Waals surface area contributed by atoms with Gasteiger partial charge in [-0.1, -0.05) is 11.2 Å². The zero-order valence-corrected chi connectivity index (χ0v) is 16.2. The van der Waals surface area contributed by atoms with Crippen LogP contribution in [0.5, 0.6) is 11.5 Å². The number of aromatic nitrogens is 4. The van der Waals surface area contributed by atoms with E-state index in [0.717, 1.165) is 33.7 Å². The van der Waals surface area contributed by atoms with E-state index >= 15 is 0 Å². The Bertz CT molecular complexity index is 1100. The molecule has 7 heteroatoms. The highest BCUT2D eigenvalue weighted by Gasteiger charge is 2.13. The summed E-state index contributed by atoms with van der Waals surface area (Å²) >= 11 is 0. The van der Waals surface area contributed by atoms with Crippen molar-refractivity contribution in [1.82, 2.24) is 19.7 Å². The lowest BCUT2D eigenvalue weighted by Gasteiger charge is -2.11. The largest absolute Gasteiger partial charge is 0.490 e. The standard InChI is InChI=1S/C21H22N4O3/c1-4-26-18-9-6-14(10-19(18)27-5-2)11-20-23-21(24-28-20)15-7-8-17-16(12-15)22-13-25(17)3/h6-10,12-13H,4-5,11H2,1-3H3. The lowest BCUT2D eigenvalue weighted by Crippen LogP contribution is -1.99. The van der Waals surface area contributed by atoms with E-state index in [9.17, 15) is 0 Å². The van der Waals surface area contributed by atoms with Gasteiger partial charge in [0.2, 0.25) is 11.7 Å². The molecule has 0 fully saturated rings.